The van der Waals surface area contributed by atoms with Crippen LogP contribution >= 0.6 is 11.3 Å². The highest BCUT2D eigenvalue weighted by atomic mass is 32.1. The van der Waals surface area contributed by atoms with Crippen LogP contribution in [0.5, 0.6) is 0 Å². The number of anilines is 2. The van der Waals surface area contributed by atoms with Gasteiger partial charge in [-0.3, -0.25) is 10.1 Å². The maximum Gasteiger partial charge on any atom is 0.276 e. The number of thiazole rings is 1. The van der Waals surface area contributed by atoms with Gasteiger partial charge in [0.1, 0.15) is 11.5 Å². The zero-order valence-corrected chi connectivity index (χ0v) is 12.4. The molecule has 0 radical (unpaired) electrons. The number of hydrazine groups is 1. The second-order valence-electron chi connectivity index (χ2n) is 5.29. The fourth-order valence-electron chi connectivity index (χ4n) is 1.48. The second-order valence-corrected chi connectivity index (χ2v) is 6.15. The predicted molar refractivity (Wildman–Crippen MR) is 80.8 cm³/mol. The predicted octanol–water partition coefficient (Wildman–Crippen LogP) is 2.37. The lowest BCUT2D eigenvalue weighted by atomic mass is 9.93. The summed E-state index contributed by atoms with van der Waals surface area (Å²) < 4.78 is 0. The first kappa shape index (κ1) is 14.4. The second kappa shape index (κ2) is 5.56. The van der Waals surface area contributed by atoms with Gasteiger partial charge in [0, 0.05) is 10.8 Å². The van der Waals surface area contributed by atoms with Gasteiger partial charge in [0.15, 0.2) is 5.13 Å². The van der Waals surface area contributed by atoms with Gasteiger partial charge in [0.05, 0.1) is 5.69 Å². The van der Waals surface area contributed by atoms with E-state index in [1.807, 2.05) is 5.38 Å². The molecule has 0 atom stereocenters. The molecule has 2 rings (SSSR count). The van der Waals surface area contributed by atoms with Crippen LogP contribution in [0.4, 0.5) is 10.9 Å². The van der Waals surface area contributed by atoms with Gasteiger partial charge in [-0.05, 0) is 12.1 Å². The van der Waals surface area contributed by atoms with Gasteiger partial charge in [-0.15, -0.1) is 11.3 Å². The molecule has 2 heterocycles. The van der Waals surface area contributed by atoms with Gasteiger partial charge in [-0.25, -0.2) is 15.8 Å². The van der Waals surface area contributed by atoms with E-state index in [1.165, 1.54) is 11.3 Å². The number of nitrogens with zero attached hydrogens (tertiary/aromatic N) is 2. The lowest BCUT2D eigenvalue weighted by Crippen LogP contribution is -2.16. The average Bonchev–Trinajstić information content (AvgIpc) is 2.87. The Morgan fingerprint density at radius 2 is 2.05 bits per heavy atom. The van der Waals surface area contributed by atoms with Crippen LogP contribution < -0.4 is 16.6 Å². The van der Waals surface area contributed by atoms with E-state index in [1.54, 1.807) is 18.2 Å². The Bertz CT molecular complexity index is 617. The van der Waals surface area contributed by atoms with E-state index >= 15 is 0 Å². The summed E-state index contributed by atoms with van der Waals surface area (Å²) in [5.41, 5.74) is 3.60. The number of pyridine rings is 1. The molecule has 0 saturated heterocycles. The van der Waals surface area contributed by atoms with Crippen LogP contribution in [0.1, 0.15) is 37.0 Å². The number of hydrogen-bond donors (Lipinski definition) is 3. The Hall–Kier alpha value is -1.99. The number of nitrogen functional groups attached to an aromatic ring is 1. The van der Waals surface area contributed by atoms with Gasteiger partial charge in [0.25, 0.3) is 5.91 Å². The quantitative estimate of drug-likeness (QED) is 0.596. The fraction of sp³-hybridized carbons (Fsp3) is 0.308. The number of amides is 1. The molecule has 0 unspecified atom stereocenters. The molecule has 2 aromatic rings. The highest BCUT2D eigenvalue weighted by Gasteiger charge is 2.18. The fourth-order valence-corrected chi connectivity index (χ4v) is 2.41. The first-order valence-corrected chi connectivity index (χ1v) is 6.99. The molecule has 0 saturated carbocycles. The van der Waals surface area contributed by atoms with Gasteiger partial charge in [0.2, 0.25) is 0 Å². The maximum absolute atomic E-state index is 12.1. The van der Waals surface area contributed by atoms with E-state index in [0.717, 1.165) is 5.69 Å². The monoisotopic (exact) mass is 291 g/mol. The summed E-state index contributed by atoms with van der Waals surface area (Å²) >= 11 is 1.40. The van der Waals surface area contributed by atoms with Crippen molar-refractivity contribution in [2.45, 2.75) is 26.2 Å². The summed E-state index contributed by atoms with van der Waals surface area (Å²) in [5.74, 6) is 5.40. The summed E-state index contributed by atoms with van der Waals surface area (Å²) in [7, 11) is 0. The Kier molecular flexibility index (Phi) is 4.01. The summed E-state index contributed by atoms with van der Waals surface area (Å²) in [6.07, 6.45) is 0. The third-order valence-corrected chi connectivity index (χ3v) is 3.38. The number of carbonyl (C=O) groups excluding carboxylic acids is 1. The molecule has 106 valence electrons. The molecule has 0 fully saturated rings. The third kappa shape index (κ3) is 3.31. The zero-order valence-electron chi connectivity index (χ0n) is 11.6. The van der Waals surface area contributed by atoms with Crippen molar-refractivity contribution in [1.82, 2.24) is 9.97 Å². The molecule has 0 spiro atoms. The van der Waals surface area contributed by atoms with Crippen molar-refractivity contribution in [3.63, 3.8) is 0 Å². The summed E-state index contributed by atoms with van der Waals surface area (Å²) in [4.78, 5) is 20.5. The first-order chi connectivity index (χ1) is 9.40. The van der Waals surface area contributed by atoms with Crippen molar-refractivity contribution < 1.29 is 4.79 Å². The van der Waals surface area contributed by atoms with E-state index in [0.29, 0.717) is 10.9 Å². The molecule has 7 heteroatoms. The largest absolute Gasteiger partial charge is 0.308 e. The molecule has 6 nitrogen and oxygen atoms in total. The Morgan fingerprint density at radius 1 is 1.30 bits per heavy atom. The van der Waals surface area contributed by atoms with Crippen molar-refractivity contribution >= 4 is 28.2 Å². The number of aromatic nitrogens is 2. The lowest BCUT2D eigenvalue weighted by Gasteiger charge is -2.14. The standard InChI is InChI=1S/C13H17N5OS/c1-13(2,3)9-7-20-12(16-9)17-11(19)8-5-4-6-10(15-8)18-14/h4-7H,14H2,1-3H3,(H,15,18)(H,16,17,19). The highest BCUT2D eigenvalue weighted by molar-refractivity contribution is 7.14. The number of carbonyl (C=O) groups is 1. The summed E-state index contributed by atoms with van der Waals surface area (Å²) in [6.45, 7) is 6.23. The van der Waals surface area contributed by atoms with Crippen molar-refractivity contribution in [2.75, 3.05) is 10.7 Å². The topological polar surface area (TPSA) is 92.9 Å². The van der Waals surface area contributed by atoms with Crippen molar-refractivity contribution in [2.24, 2.45) is 5.84 Å². The molecule has 4 N–H and O–H groups in total. The van der Waals surface area contributed by atoms with Gasteiger partial charge >= 0.3 is 0 Å². The van der Waals surface area contributed by atoms with E-state index in [4.69, 9.17) is 5.84 Å². The molecular formula is C13H17N5OS. The maximum atomic E-state index is 12.1. The highest BCUT2D eigenvalue weighted by Crippen LogP contribution is 2.26. The number of nitrogens with two attached hydrogens (primary N) is 1. The smallest absolute Gasteiger partial charge is 0.276 e. The molecule has 1 amide bonds. The van der Waals surface area contributed by atoms with Crippen LogP contribution in [0.15, 0.2) is 23.6 Å². The molecular weight excluding hydrogens is 274 g/mol. The van der Waals surface area contributed by atoms with Gasteiger partial charge in [-0.1, -0.05) is 26.8 Å². The third-order valence-electron chi connectivity index (χ3n) is 2.62. The molecule has 20 heavy (non-hydrogen) atoms. The van der Waals surface area contributed by atoms with Crippen LogP contribution in [0.2, 0.25) is 0 Å². The lowest BCUT2D eigenvalue weighted by molar-refractivity contribution is 0.102. The minimum atomic E-state index is -0.308. The van der Waals surface area contributed by atoms with E-state index in [2.05, 4.69) is 41.5 Å². The van der Waals surface area contributed by atoms with Gasteiger partial charge in [-0.2, -0.15) is 0 Å². The van der Waals surface area contributed by atoms with Crippen LogP contribution in [0, 0.1) is 0 Å². The number of hydrogen-bond acceptors (Lipinski definition) is 6. The Labute approximate surface area is 121 Å². The van der Waals surface area contributed by atoms with Crippen LogP contribution in [-0.2, 0) is 5.41 Å². The van der Waals surface area contributed by atoms with E-state index in [9.17, 15) is 4.79 Å². The van der Waals surface area contributed by atoms with Crippen LogP contribution in [-0.4, -0.2) is 15.9 Å². The van der Waals surface area contributed by atoms with Crippen molar-refractivity contribution in [3.8, 4) is 0 Å². The normalized spacial score (nSPS) is 11.2. The molecule has 0 aliphatic heterocycles. The van der Waals surface area contributed by atoms with Crippen LogP contribution in [0.3, 0.4) is 0 Å². The first-order valence-electron chi connectivity index (χ1n) is 6.11. The van der Waals surface area contributed by atoms with E-state index < -0.39 is 0 Å². The Balaban J connectivity index is 2.13. The molecule has 0 aliphatic carbocycles. The molecule has 2 aromatic heterocycles. The van der Waals surface area contributed by atoms with Crippen LogP contribution in [0.25, 0.3) is 0 Å². The minimum absolute atomic E-state index is 0.0406. The molecule has 0 aromatic carbocycles. The van der Waals surface area contributed by atoms with Crippen molar-refractivity contribution in [1.29, 1.82) is 0 Å². The molecule has 0 bridgehead atoms. The molecule has 0 aliphatic rings. The average molecular weight is 291 g/mol. The summed E-state index contributed by atoms with van der Waals surface area (Å²) in [5, 5.41) is 5.25. The Morgan fingerprint density at radius 3 is 2.65 bits per heavy atom. The number of nitrogens with one attached hydrogen (secondary N) is 2. The summed E-state index contributed by atoms with van der Waals surface area (Å²) in [6, 6.07) is 5.01. The zero-order chi connectivity index (χ0) is 14.8. The van der Waals surface area contributed by atoms with E-state index in [-0.39, 0.29) is 17.0 Å². The van der Waals surface area contributed by atoms with Crippen molar-refractivity contribution in [3.05, 3.63) is 35.0 Å². The SMILES string of the molecule is CC(C)(C)c1csc(NC(=O)c2cccc(NN)n2)n1. The number of rotatable bonds is 3. The van der Waals surface area contributed by atoms with Gasteiger partial charge < -0.3 is 5.43 Å². The minimum Gasteiger partial charge on any atom is -0.308 e.